The number of amides is 4. The van der Waals surface area contributed by atoms with Crippen LogP contribution in [0.2, 0.25) is 0 Å². The molecule has 0 spiro atoms. The zero-order valence-electron chi connectivity index (χ0n) is 14.0. The Hall–Kier alpha value is -2.65. The highest BCUT2D eigenvalue weighted by Gasteiger charge is 2.27. The number of ether oxygens (including phenoxy) is 2. The van der Waals surface area contributed by atoms with Crippen molar-refractivity contribution in [2.75, 3.05) is 44.9 Å². The second kappa shape index (κ2) is 9.00. The summed E-state index contributed by atoms with van der Waals surface area (Å²) in [6.07, 6.45) is 0.184. The van der Waals surface area contributed by atoms with E-state index in [2.05, 4.69) is 10.6 Å². The molecule has 1 aliphatic rings. The molecule has 9 heteroatoms. The third-order valence-electron chi connectivity index (χ3n) is 3.58. The Labute approximate surface area is 145 Å². The van der Waals surface area contributed by atoms with E-state index in [4.69, 9.17) is 15.2 Å². The Bertz CT molecular complexity index is 649. The molecule has 1 heterocycles. The van der Waals surface area contributed by atoms with Crippen LogP contribution in [0.15, 0.2) is 18.2 Å². The molecule has 0 unspecified atom stereocenters. The van der Waals surface area contributed by atoms with Crippen molar-refractivity contribution in [1.82, 2.24) is 10.6 Å². The summed E-state index contributed by atoms with van der Waals surface area (Å²) in [4.78, 5) is 37.0. The fourth-order valence-electron chi connectivity index (χ4n) is 2.36. The summed E-state index contributed by atoms with van der Waals surface area (Å²) in [6.45, 7) is 1.79. The van der Waals surface area contributed by atoms with Gasteiger partial charge in [-0.25, -0.2) is 4.79 Å². The van der Waals surface area contributed by atoms with Crippen LogP contribution in [0.1, 0.15) is 16.8 Å². The van der Waals surface area contributed by atoms with Gasteiger partial charge >= 0.3 is 6.03 Å². The first-order valence-electron chi connectivity index (χ1n) is 7.92. The molecule has 136 valence electrons. The number of nitrogens with zero attached hydrogens (tertiary/aromatic N) is 1. The molecule has 1 aliphatic heterocycles. The maximum atomic E-state index is 12.2. The summed E-state index contributed by atoms with van der Waals surface area (Å²) in [5.41, 5.74) is 6.12. The number of rotatable bonds is 8. The Morgan fingerprint density at radius 2 is 2.16 bits per heavy atom. The zero-order valence-corrected chi connectivity index (χ0v) is 14.0. The van der Waals surface area contributed by atoms with Gasteiger partial charge in [0.25, 0.3) is 5.91 Å². The minimum Gasteiger partial charge on any atom is -0.495 e. The van der Waals surface area contributed by atoms with Crippen LogP contribution in [-0.4, -0.2) is 57.8 Å². The largest absolute Gasteiger partial charge is 0.495 e. The second-order valence-corrected chi connectivity index (χ2v) is 5.30. The predicted octanol–water partition coefficient (Wildman–Crippen LogP) is -0.153. The zero-order chi connectivity index (χ0) is 18.2. The Morgan fingerprint density at radius 1 is 1.36 bits per heavy atom. The van der Waals surface area contributed by atoms with Crippen LogP contribution in [-0.2, 0) is 9.53 Å². The van der Waals surface area contributed by atoms with E-state index >= 15 is 0 Å². The Morgan fingerprint density at radius 3 is 2.84 bits per heavy atom. The molecule has 4 N–H and O–H groups in total. The molecule has 0 bridgehead atoms. The SMILES string of the molecule is COc1ccc(C(=O)NCCOCCN)cc1N1CCC(=O)NC1=O. The van der Waals surface area contributed by atoms with Crippen molar-refractivity contribution in [3.63, 3.8) is 0 Å². The van der Waals surface area contributed by atoms with Crippen LogP contribution in [0.3, 0.4) is 0 Å². The van der Waals surface area contributed by atoms with Crippen LogP contribution in [0.25, 0.3) is 0 Å². The Kier molecular flexibility index (Phi) is 6.72. The molecule has 1 aromatic rings. The third-order valence-corrected chi connectivity index (χ3v) is 3.58. The molecule has 1 saturated heterocycles. The Balaban J connectivity index is 2.09. The first-order chi connectivity index (χ1) is 12.1. The molecule has 9 nitrogen and oxygen atoms in total. The summed E-state index contributed by atoms with van der Waals surface area (Å²) >= 11 is 0. The minimum atomic E-state index is -0.540. The molecule has 0 saturated carbocycles. The monoisotopic (exact) mass is 350 g/mol. The lowest BCUT2D eigenvalue weighted by Crippen LogP contribution is -2.49. The van der Waals surface area contributed by atoms with E-state index < -0.39 is 6.03 Å². The molecule has 4 amide bonds. The predicted molar refractivity (Wildman–Crippen MR) is 90.7 cm³/mol. The van der Waals surface area contributed by atoms with E-state index in [1.165, 1.54) is 12.0 Å². The lowest BCUT2D eigenvalue weighted by Gasteiger charge is -2.28. The van der Waals surface area contributed by atoms with Crippen LogP contribution in [0.4, 0.5) is 10.5 Å². The summed E-state index contributed by atoms with van der Waals surface area (Å²) in [6, 6.07) is 4.23. The first kappa shape index (κ1) is 18.7. The van der Waals surface area contributed by atoms with Crippen LogP contribution in [0.5, 0.6) is 5.75 Å². The van der Waals surface area contributed by atoms with Gasteiger partial charge in [-0.3, -0.25) is 19.8 Å². The minimum absolute atomic E-state index is 0.184. The standard InChI is InChI=1S/C16H22N4O5/c1-24-13-3-2-11(15(22)18-6-9-25-8-5-17)10-12(13)20-7-4-14(21)19-16(20)23/h2-3,10H,4-9,17H2,1H3,(H,18,22)(H,19,21,23). The number of nitrogens with one attached hydrogen (secondary N) is 2. The first-order valence-corrected chi connectivity index (χ1v) is 7.92. The number of benzene rings is 1. The highest BCUT2D eigenvalue weighted by molar-refractivity contribution is 6.07. The number of urea groups is 1. The third kappa shape index (κ3) is 4.91. The molecule has 1 fully saturated rings. The van der Waals surface area contributed by atoms with Gasteiger partial charge in [0.15, 0.2) is 0 Å². The van der Waals surface area contributed by atoms with Gasteiger partial charge in [0, 0.05) is 31.6 Å². The molecule has 2 rings (SSSR count). The summed E-state index contributed by atoms with van der Waals surface area (Å²) < 4.78 is 10.5. The van der Waals surface area contributed by atoms with Crippen molar-refractivity contribution in [3.05, 3.63) is 23.8 Å². The van der Waals surface area contributed by atoms with Crippen LogP contribution >= 0.6 is 0 Å². The summed E-state index contributed by atoms with van der Waals surface area (Å²) in [5, 5.41) is 4.97. The van der Waals surface area contributed by atoms with Gasteiger partial charge in [0.1, 0.15) is 5.75 Å². The topological polar surface area (TPSA) is 123 Å². The average Bonchev–Trinajstić information content (AvgIpc) is 2.61. The number of carbonyl (C=O) groups excluding carboxylic acids is 3. The molecular formula is C16H22N4O5. The fraction of sp³-hybridized carbons (Fsp3) is 0.438. The summed E-state index contributed by atoms with van der Waals surface area (Å²) in [5.74, 6) is -0.187. The molecule has 0 radical (unpaired) electrons. The number of imide groups is 1. The molecule has 1 aromatic carbocycles. The van der Waals surface area contributed by atoms with Gasteiger partial charge in [-0.15, -0.1) is 0 Å². The normalized spacial score (nSPS) is 14.2. The van der Waals surface area contributed by atoms with Gasteiger partial charge in [-0.05, 0) is 18.2 Å². The molecule has 0 aromatic heterocycles. The molecule has 25 heavy (non-hydrogen) atoms. The van der Waals surface area contributed by atoms with E-state index in [-0.39, 0.29) is 24.8 Å². The maximum absolute atomic E-state index is 12.2. The van der Waals surface area contributed by atoms with Crippen molar-refractivity contribution >= 4 is 23.5 Å². The van der Waals surface area contributed by atoms with Crippen molar-refractivity contribution in [2.24, 2.45) is 5.73 Å². The second-order valence-electron chi connectivity index (χ2n) is 5.30. The van der Waals surface area contributed by atoms with E-state index in [1.54, 1.807) is 18.2 Å². The highest BCUT2D eigenvalue weighted by Crippen LogP contribution is 2.30. The lowest BCUT2D eigenvalue weighted by atomic mass is 10.1. The molecule has 0 atom stereocenters. The number of methoxy groups -OCH3 is 1. The van der Waals surface area contributed by atoms with Gasteiger partial charge in [-0.1, -0.05) is 0 Å². The van der Waals surface area contributed by atoms with Crippen molar-refractivity contribution in [1.29, 1.82) is 0 Å². The van der Waals surface area contributed by atoms with Crippen molar-refractivity contribution in [3.8, 4) is 5.75 Å². The number of hydrogen-bond acceptors (Lipinski definition) is 6. The highest BCUT2D eigenvalue weighted by atomic mass is 16.5. The number of hydrogen-bond donors (Lipinski definition) is 3. The van der Waals surface area contributed by atoms with Crippen LogP contribution in [0, 0.1) is 0 Å². The van der Waals surface area contributed by atoms with Gasteiger partial charge < -0.3 is 20.5 Å². The number of anilines is 1. The number of carbonyl (C=O) groups is 3. The van der Waals surface area contributed by atoms with E-state index in [0.717, 1.165) is 0 Å². The van der Waals surface area contributed by atoms with E-state index in [0.29, 0.717) is 43.3 Å². The van der Waals surface area contributed by atoms with Crippen molar-refractivity contribution < 1.29 is 23.9 Å². The van der Waals surface area contributed by atoms with Gasteiger partial charge in [-0.2, -0.15) is 0 Å². The fourth-order valence-corrected chi connectivity index (χ4v) is 2.36. The average molecular weight is 350 g/mol. The smallest absolute Gasteiger partial charge is 0.328 e. The van der Waals surface area contributed by atoms with Crippen molar-refractivity contribution in [2.45, 2.75) is 6.42 Å². The lowest BCUT2D eigenvalue weighted by molar-refractivity contribution is -0.120. The number of nitrogens with two attached hydrogens (primary N) is 1. The maximum Gasteiger partial charge on any atom is 0.328 e. The van der Waals surface area contributed by atoms with Gasteiger partial charge in [0.05, 0.1) is 26.0 Å². The van der Waals surface area contributed by atoms with Gasteiger partial charge in [0.2, 0.25) is 5.91 Å². The quantitative estimate of drug-likeness (QED) is 0.560. The van der Waals surface area contributed by atoms with Crippen LogP contribution < -0.4 is 26.0 Å². The molecule has 0 aliphatic carbocycles. The van der Waals surface area contributed by atoms with E-state index in [1.807, 2.05) is 0 Å². The molecular weight excluding hydrogens is 328 g/mol. The van der Waals surface area contributed by atoms with E-state index in [9.17, 15) is 14.4 Å². The summed E-state index contributed by atoms with van der Waals surface area (Å²) in [7, 11) is 1.47.